The zero-order valence-corrected chi connectivity index (χ0v) is 20.7. The van der Waals surface area contributed by atoms with Gasteiger partial charge >= 0.3 is 23.9 Å². The van der Waals surface area contributed by atoms with Crippen LogP contribution in [0.3, 0.4) is 0 Å². The second kappa shape index (κ2) is 19.4. The molecule has 0 saturated carbocycles. The Morgan fingerprint density at radius 3 is 1.49 bits per heavy atom. The number of methoxy groups -OCH3 is 2. The fourth-order valence-electron chi connectivity index (χ4n) is 2.53. The molecule has 0 unspecified atom stereocenters. The summed E-state index contributed by atoms with van der Waals surface area (Å²) >= 11 is 0. The molecule has 0 aliphatic heterocycles. The average molecular weight is 521 g/mol. The Hall–Kier alpha value is -3.76. The summed E-state index contributed by atoms with van der Waals surface area (Å²) in [4.78, 5) is 54.8. The number of benzene rings is 2. The van der Waals surface area contributed by atoms with Crippen LogP contribution in [0.5, 0.6) is 0 Å². The molecule has 0 radical (unpaired) electrons. The van der Waals surface area contributed by atoms with E-state index < -0.39 is 23.9 Å². The molecule has 1 N–H and O–H groups in total. The Morgan fingerprint density at radius 2 is 1.08 bits per heavy atom. The van der Waals surface area contributed by atoms with Gasteiger partial charge in [-0.05, 0) is 67.8 Å². The molecule has 0 fully saturated rings. The van der Waals surface area contributed by atoms with Crippen LogP contribution in [-0.4, -0.2) is 63.0 Å². The quantitative estimate of drug-likeness (QED) is 0.141. The molecular formula is C27H36O10. The summed E-state index contributed by atoms with van der Waals surface area (Å²) in [6, 6.07) is 12.0. The summed E-state index contributed by atoms with van der Waals surface area (Å²) in [7, 11) is 2.60. The van der Waals surface area contributed by atoms with Gasteiger partial charge in [0.2, 0.25) is 0 Å². The van der Waals surface area contributed by atoms with Crippen LogP contribution >= 0.6 is 0 Å². The average Bonchev–Trinajstić information content (AvgIpc) is 2.92. The maximum absolute atomic E-state index is 11.7. The number of hydrogen-bond acceptors (Lipinski definition) is 10. The Balaban J connectivity index is 0.000000747. The SMILES string of the molecule is C.CCCCOOC(=O)c1ccc(C(=O)OCCCCO)cc1.COC(=O)c1ccc(C(=O)OC)cc1. The molecule has 0 heterocycles. The van der Waals surface area contributed by atoms with Crippen LogP contribution in [0.4, 0.5) is 0 Å². The number of carbonyl (C=O) groups excluding carboxylic acids is 4. The summed E-state index contributed by atoms with van der Waals surface area (Å²) in [6.45, 7) is 2.70. The van der Waals surface area contributed by atoms with E-state index in [0.717, 1.165) is 12.8 Å². The highest BCUT2D eigenvalue weighted by atomic mass is 17.2. The number of esters is 3. The molecule has 10 heteroatoms. The van der Waals surface area contributed by atoms with Gasteiger partial charge in [-0.1, -0.05) is 20.8 Å². The molecule has 0 amide bonds. The van der Waals surface area contributed by atoms with Crippen molar-refractivity contribution in [1.82, 2.24) is 0 Å². The van der Waals surface area contributed by atoms with Crippen molar-refractivity contribution in [2.24, 2.45) is 0 Å². The van der Waals surface area contributed by atoms with Crippen LogP contribution < -0.4 is 0 Å². The highest BCUT2D eigenvalue weighted by Gasteiger charge is 2.12. The number of aliphatic hydroxyl groups excluding tert-OH is 1. The largest absolute Gasteiger partial charge is 0.465 e. The van der Waals surface area contributed by atoms with Crippen LogP contribution in [0.15, 0.2) is 48.5 Å². The zero-order chi connectivity index (χ0) is 26.8. The lowest BCUT2D eigenvalue weighted by Gasteiger charge is -2.05. The third-order valence-electron chi connectivity index (χ3n) is 4.58. The predicted octanol–water partition coefficient (Wildman–Crippen LogP) is 4.40. The van der Waals surface area contributed by atoms with E-state index in [2.05, 4.69) is 14.4 Å². The van der Waals surface area contributed by atoms with E-state index in [1.807, 2.05) is 6.92 Å². The van der Waals surface area contributed by atoms with Crippen molar-refractivity contribution in [2.75, 3.05) is 34.0 Å². The fraction of sp³-hybridized carbons (Fsp3) is 0.407. The maximum Gasteiger partial charge on any atom is 0.373 e. The van der Waals surface area contributed by atoms with Crippen molar-refractivity contribution < 1.29 is 48.3 Å². The Morgan fingerprint density at radius 1 is 0.649 bits per heavy atom. The van der Waals surface area contributed by atoms with Crippen LogP contribution in [0.25, 0.3) is 0 Å². The zero-order valence-electron chi connectivity index (χ0n) is 20.7. The standard InChI is InChI=1S/C16H22O6.C10H10O4.CH4/c1-2-3-12-21-22-16(19)14-8-6-13(7-9-14)15(18)20-11-5-4-10-17;1-13-9(11)7-3-5-8(6-4-7)10(12)14-2;/h6-9,17H,2-5,10-12H2,1H3;3-6H,1-2H3;1H4. The van der Waals surface area contributed by atoms with Crippen LogP contribution in [-0.2, 0) is 24.0 Å². The molecule has 0 aromatic heterocycles. The topological polar surface area (TPSA) is 135 Å². The number of ether oxygens (including phenoxy) is 3. The minimum absolute atomic E-state index is 0. The molecule has 0 spiro atoms. The Kier molecular flexibility index (Phi) is 17.5. The Labute approximate surface area is 217 Å². The minimum Gasteiger partial charge on any atom is -0.465 e. The van der Waals surface area contributed by atoms with Crippen molar-refractivity contribution in [3.63, 3.8) is 0 Å². The summed E-state index contributed by atoms with van der Waals surface area (Å²) in [5, 5.41) is 8.63. The maximum atomic E-state index is 11.7. The molecule has 0 atom stereocenters. The molecule has 0 bridgehead atoms. The first-order valence-corrected chi connectivity index (χ1v) is 11.4. The van der Waals surface area contributed by atoms with Gasteiger partial charge in [0, 0.05) is 6.61 Å². The molecule has 204 valence electrons. The summed E-state index contributed by atoms with van der Waals surface area (Å²) < 4.78 is 14.0. The van der Waals surface area contributed by atoms with E-state index in [1.54, 1.807) is 0 Å². The lowest BCUT2D eigenvalue weighted by Crippen LogP contribution is -2.09. The van der Waals surface area contributed by atoms with Crippen LogP contribution in [0.1, 0.15) is 81.5 Å². The molecule has 0 aliphatic rings. The van der Waals surface area contributed by atoms with E-state index in [-0.39, 0.29) is 20.6 Å². The first kappa shape index (κ1) is 33.2. The van der Waals surface area contributed by atoms with Crippen molar-refractivity contribution in [3.05, 3.63) is 70.8 Å². The number of carbonyl (C=O) groups is 4. The van der Waals surface area contributed by atoms with Gasteiger partial charge in [-0.25, -0.2) is 19.2 Å². The van der Waals surface area contributed by atoms with Crippen LogP contribution in [0.2, 0.25) is 0 Å². The van der Waals surface area contributed by atoms with Gasteiger partial charge in [0.05, 0.1) is 49.7 Å². The molecular weight excluding hydrogens is 484 g/mol. The molecule has 2 rings (SSSR count). The normalized spacial score (nSPS) is 9.62. The van der Waals surface area contributed by atoms with Gasteiger partial charge in [-0.3, -0.25) is 4.89 Å². The van der Waals surface area contributed by atoms with Crippen molar-refractivity contribution in [3.8, 4) is 0 Å². The fourth-order valence-corrected chi connectivity index (χ4v) is 2.53. The third kappa shape index (κ3) is 12.7. The van der Waals surface area contributed by atoms with Gasteiger partial charge in [-0.2, -0.15) is 4.89 Å². The Bertz CT molecular complexity index is 874. The lowest BCUT2D eigenvalue weighted by atomic mass is 10.1. The molecule has 0 aliphatic carbocycles. The van der Waals surface area contributed by atoms with E-state index in [0.29, 0.717) is 41.7 Å². The third-order valence-corrected chi connectivity index (χ3v) is 4.58. The van der Waals surface area contributed by atoms with E-state index in [9.17, 15) is 19.2 Å². The first-order valence-electron chi connectivity index (χ1n) is 11.4. The predicted molar refractivity (Wildman–Crippen MR) is 135 cm³/mol. The second-order valence-corrected chi connectivity index (χ2v) is 7.25. The first-order chi connectivity index (χ1) is 17.4. The summed E-state index contributed by atoms with van der Waals surface area (Å²) in [5.74, 6) is -1.92. The van der Waals surface area contributed by atoms with Gasteiger partial charge in [0.15, 0.2) is 0 Å². The number of hydrogen-bond donors (Lipinski definition) is 1. The van der Waals surface area contributed by atoms with Crippen molar-refractivity contribution in [2.45, 2.75) is 40.0 Å². The number of unbranched alkanes of at least 4 members (excludes halogenated alkanes) is 2. The minimum atomic E-state index is -0.598. The smallest absolute Gasteiger partial charge is 0.373 e. The monoisotopic (exact) mass is 520 g/mol. The second-order valence-electron chi connectivity index (χ2n) is 7.25. The van der Waals surface area contributed by atoms with E-state index in [1.165, 1.54) is 62.8 Å². The van der Waals surface area contributed by atoms with E-state index in [4.69, 9.17) is 14.7 Å². The molecule has 2 aromatic rings. The number of aliphatic hydroxyl groups is 1. The van der Waals surface area contributed by atoms with Crippen molar-refractivity contribution >= 4 is 23.9 Å². The number of rotatable bonds is 12. The van der Waals surface area contributed by atoms with Gasteiger partial charge in [0.25, 0.3) is 0 Å². The van der Waals surface area contributed by atoms with Crippen LogP contribution in [0, 0.1) is 0 Å². The van der Waals surface area contributed by atoms with Gasteiger partial charge in [-0.15, -0.1) is 0 Å². The highest BCUT2D eigenvalue weighted by molar-refractivity contribution is 5.94. The van der Waals surface area contributed by atoms with E-state index >= 15 is 0 Å². The molecule has 2 aromatic carbocycles. The van der Waals surface area contributed by atoms with Gasteiger partial charge in [0.1, 0.15) is 0 Å². The molecule has 37 heavy (non-hydrogen) atoms. The van der Waals surface area contributed by atoms with Gasteiger partial charge < -0.3 is 19.3 Å². The molecule has 10 nitrogen and oxygen atoms in total. The lowest BCUT2D eigenvalue weighted by molar-refractivity contribution is -0.241. The van der Waals surface area contributed by atoms with Crippen molar-refractivity contribution in [1.29, 1.82) is 0 Å². The molecule has 0 saturated heterocycles. The summed E-state index contributed by atoms with van der Waals surface area (Å²) in [5.41, 5.74) is 1.46. The highest BCUT2D eigenvalue weighted by Crippen LogP contribution is 2.09. The summed E-state index contributed by atoms with van der Waals surface area (Å²) in [6.07, 6.45) is 2.97.